The first kappa shape index (κ1) is 16.4. The van der Waals surface area contributed by atoms with Gasteiger partial charge in [-0.2, -0.15) is 0 Å². The molecule has 0 aliphatic carbocycles. The molecule has 0 unspecified atom stereocenters. The molecule has 1 aromatic carbocycles. The number of benzene rings is 1. The molecule has 0 atom stereocenters. The van der Waals surface area contributed by atoms with Gasteiger partial charge in [-0.05, 0) is 56.7 Å². The van der Waals surface area contributed by atoms with Crippen molar-refractivity contribution in [2.45, 2.75) is 66.0 Å². The third-order valence-corrected chi connectivity index (χ3v) is 4.95. The zero-order chi connectivity index (χ0) is 15.5. The predicted molar refractivity (Wildman–Crippen MR) is 92.9 cm³/mol. The van der Waals surface area contributed by atoms with Crippen molar-refractivity contribution in [1.82, 2.24) is 5.32 Å². The van der Waals surface area contributed by atoms with Crippen molar-refractivity contribution in [3.05, 3.63) is 29.8 Å². The Morgan fingerprint density at radius 1 is 1.10 bits per heavy atom. The summed E-state index contributed by atoms with van der Waals surface area (Å²) >= 11 is 0. The standard InChI is InChI=1S/C19H32N2/c1-6-19(5)11-13-21(14-12-19)17-9-7-16(8-10-17)15-20-18(2,3)4/h7-10,20H,6,11-15H2,1-5H3. The van der Waals surface area contributed by atoms with E-state index < -0.39 is 0 Å². The topological polar surface area (TPSA) is 15.3 Å². The number of nitrogens with one attached hydrogen (secondary N) is 1. The molecule has 0 aromatic heterocycles. The highest BCUT2D eigenvalue weighted by atomic mass is 15.1. The molecule has 1 heterocycles. The molecule has 1 saturated heterocycles. The lowest BCUT2D eigenvalue weighted by atomic mass is 9.78. The quantitative estimate of drug-likeness (QED) is 0.871. The first-order chi connectivity index (χ1) is 9.81. The minimum absolute atomic E-state index is 0.177. The van der Waals surface area contributed by atoms with Crippen LogP contribution in [0.25, 0.3) is 0 Å². The molecule has 0 spiro atoms. The van der Waals surface area contributed by atoms with Crippen LogP contribution in [0.3, 0.4) is 0 Å². The molecule has 2 nitrogen and oxygen atoms in total. The lowest BCUT2D eigenvalue weighted by Gasteiger charge is -2.40. The van der Waals surface area contributed by atoms with Crippen molar-refractivity contribution in [3.8, 4) is 0 Å². The van der Waals surface area contributed by atoms with Gasteiger partial charge in [0.15, 0.2) is 0 Å². The van der Waals surface area contributed by atoms with Crippen LogP contribution in [0.2, 0.25) is 0 Å². The van der Waals surface area contributed by atoms with Crippen LogP contribution in [0.4, 0.5) is 5.69 Å². The molecule has 1 aliphatic heterocycles. The average molecular weight is 288 g/mol. The van der Waals surface area contributed by atoms with Crippen LogP contribution < -0.4 is 10.2 Å². The van der Waals surface area contributed by atoms with Crippen molar-refractivity contribution < 1.29 is 0 Å². The molecule has 0 radical (unpaired) electrons. The maximum absolute atomic E-state index is 3.54. The number of hydrogen-bond donors (Lipinski definition) is 1. The van der Waals surface area contributed by atoms with Crippen LogP contribution in [0.5, 0.6) is 0 Å². The van der Waals surface area contributed by atoms with Crippen molar-refractivity contribution >= 4 is 5.69 Å². The molecule has 1 fully saturated rings. The predicted octanol–water partition coefficient (Wildman–Crippen LogP) is 4.59. The molecule has 2 heteroatoms. The summed E-state index contributed by atoms with van der Waals surface area (Å²) in [6.45, 7) is 14.7. The van der Waals surface area contributed by atoms with Crippen molar-refractivity contribution in [2.75, 3.05) is 18.0 Å². The smallest absolute Gasteiger partial charge is 0.0366 e. The van der Waals surface area contributed by atoms with Crippen LogP contribution in [0.1, 0.15) is 59.4 Å². The summed E-state index contributed by atoms with van der Waals surface area (Å²) in [6, 6.07) is 9.10. The van der Waals surface area contributed by atoms with Crippen LogP contribution in [0.15, 0.2) is 24.3 Å². The Hall–Kier alpha value is -1.02. The maximum atomic E-state index is 3.54. The third kappa shape index (κ3) is 4.74. The second kappa shape index (κ2) is 6.39. The minimum atomic E-state index is 0.177. The van der Waals surface area contributed by atoms with Crippen LogP contribution in [-0.2, 0) is 6.54 Å². The molecule has 1 aliphatic rings. The van der Waals surface area contributed by atoms with E-state index in [2.05, 4.69) is 69.1 Å². The van der Waals surface area contributed by atoms with E-state index >= 15 is 0 Å². The van der Waals surface area contributed by atoms with E-state index in [4.69, 9.17) is 0 Å². The summed E-state index contributed by atoms with van der Waals surface area (Å²) < 4.78 is 0. The number of hydrogen-bond acceptors (Lipinski definition) is 2. The van der Waals surface area contributed by atoms with E-state index in [0.717, 1.165) is 6.54 Å². The first-order valence-electron chi connectivity index (χ1n) is 8.40. The average Bonchev–Trinajstić information content (AvgIpc) is 2.46. The fourth-order valence-corrected chi connectivity index (χ4v) is 2.85. The van der Waals surface area contributed by atoms with E-state index in [1.807, 2.05) is 0 Å². The lowest BCUT2D eigenvalue weighted by Crippen LogP contribution is -2.38. The van der Waals surface area contributed by atoms with E-state index in [1.165, 1.54) is 43.6 Å². The zero-order valence-electron chi connectivity index (χ0n) is 14.5. The number of nitrogens with zero attached hydrogens (tertiary/aromatic N) is 1. The van der Waals surface area contributed by atoms with Crippen LogP contribution in [-0.4, -0.2) is 18.6 Å². The zero-order valence-corrected chi connectivity index (χ0v) is 14.5. The summed E-state index contributed by atoms with van der Waals surface area (Å²) in [5, 5.41) is 3.54. The summed E-state index contributed by atoms with van der Waals surface area (Å²) in [5.41, 5.74) is 3.49. The second-order valence-electron chi connectivity index (χ2n) is 7.92. The fourth-order valence-electron chi connectivity index (χ4n) is 2.85. The number of anilines is 1. The van der Waals surface area contributed by atoms with E-state index in [1.54, 1.807) is 0 Å². The summed E-state index contributed by atoms with van der Waals surface area (Å²) in [6.07, 6.45) is 3.94. The Morgan fingerprint density at radius 2 is 1.67 bits per heavy atom. The molecule has 2 rings (SSSR count). The molecule has 0 amide bonds. The summed E-state index contributed by atoms with van der Waals surface area (Å²) in [4.78, 5) is 2.54. The highest BCUT2D eigenvalue weighted by Gasteiger charge is 2.28. The van der Waals surface area contributed by atoms with Crippen molar-refractivity contribution in [1.29, 1.82) is 0 Å². The molecule has 0 saturated carbocycles. The molecule has 1 aromatic rings. The SMILES string of the molecule is CCC1(C)CCN(c2ccc(CNC(C)(C)C)cc2)CC1. The first-order valence-corrected chi connectivity index (χ1v) is 8.40. The van der Waals surface area contributed by atoms with Gasteiger partial charge in [0, 0.05) is 30.9 Å². The van der Waals surface area contributed by atoms with Gasteiger partial charge in [-0.3, -0.25) is 0 Å². The Bertz CT molecular complexity index is 434. The molecular weight excluding hydrogens is 256 g/mol. The maximum Gasteiger partial charge on any atom is 0.0366 e. The number of rotatable bonds is 4. The Kier molecular flexibility index (Phi) is 4.98. The second-order valence-corrected chi connectivity index (χ2v) is 7.92. The third-order valence-electron chi connectivity index (χ3n) is 4.95. The van der Waals surface area contributed by atoms with Gasteiger partial charge in [-0.25, -0.2) is 0 Å². The molecule has 0 bridgehead atoms. The van der Waals surface area contributed by atoms with Gasteiger partial charge < -0.3 is 10.2 Å². The Balaban J connectivity index is 1.91. The van der Waals surface area contributed by atoms with Gasteiger partial charge in [-0.15, -0.1) is 0 Å². The van der Waals surface area contributed by atoms with E-state index in [9.17, 15) is 0 Å². The van der Waals surface area contributed by atoms with Gasteiger partial charge in [0.25, 0.3) is 0 Å². The van der Waals surface area contributed by atoms with Crippen LogP contribution >= 0.6 is 0 Å². The van der Waals surface area contributed by atoms with Gasteiger partial charge in [0.05, 0.1) is 0 Å². The van der Waals surface area contributed by atoms with Gasteiger partial charge in [-0.1, -0.05) is 32.4 Å². The van der Waals surface area contributed by atoms with Crippen molar-refractivity contribution in [2.24, 2.45) is 5.41 Å². The molecule has 1 N–H and O–H groups in total. The largest absolute Gasteiger partial charge is 0.371 e. The van der Waals surface area contributed by atoms with Gasteiger partial charge in [0.2, 0.25) is 0 Å². The molecular formula is C19H32N2. The fraction of sp³-hybridized carbons (Fsp3) is 0.684. The monoisotopic (exact) mass is 288 g/mol. The Morgan fingerprint density at radius 3 is 2.14 bits per heavy atom. The van der Waals surface area contributed by atoms with E-state index in [0.29, 0.717) is 5.41 Å². The van der Waals surface area contributed by atoms with E-state index in [-0.39, 0.29) is 5.54 Å². The van der Waals surface area contributed by atoms with Gasteiger partial charge in [0.1, 0.15) is 0 Å². The van der Waals surface area contributed by atoms with Crippen LogP contribution in [0, 0.1) is 5.41 Å². The minimum Gasteiger partial charge on any atom is -0.371 e. The summed E-state index contributed by atoms with van der Waals surface area (Å²) in [5.74, 6) is 0. The molecule has 21 heavy (non-hydrogen) atoms. The number of piperidine rings is 1. The highest BCUT2D eigenvalue weighted by Crippen LogP contribution is 2.35. The van der Waals surface area contributed by atoms with Crippen molar-refractivity contribution in [3.63, 3.8) is 0 Å². The highest BCUT2D eigenvalue weighted by molar-refractivity contribution is 5.48. The van der Waals surface area contributed by atoms with Gasteiger partial charge >= 0.3 is 0 Å². The molecule has 118 valence electrons. The normalized spacial score (nSPS) is 18.8. The lowest BCUT2D eigenvalue weighted by molar-refractivity contribution is 0.238. The Labute approximate surface area is 130 Å². The summed E-state index contributed by atoms with van der Waals surface area (Å²) in [7, 11) is 0.